The maximum absolute atomic E-state index is 12.1. The van der Waals surface area contributed by atoms with Crippen molar-refractivity contribution in [3.05, 3.63) is 63.4 Å². The summed E-state index contributed by atoms with van der Waals surface area (Å²) >= 11 is 5.86. The third-order valence-electron chi connectivity index (χ3n) is 3.08. The molecular formula is C15H9ClN2O3. The fraction of sp³-hybridized carbons (Fsp3) is 0. The van der Waals surface area contributed by atoms with Crippen molar-refractivity contribution in [3.8, 4) is 11.4 Å². The summed E-state index contributed by atoms with van der Waals surface area (Å²) in [6.07, 6.45) is 0. The number of rotatable bonds is 2. The maximum Gasteiger partial charge on any atom is 0.336 e. The number of halogens is 1. The van der Waals surface area contributed by atoms with Gasteiger partial charge < -0.3 is 10.1 Å². The number of H-pyrrole nitrogens is 1. The molecule has 6 heteroatoms. The number of carboxylic acids is 1. The highest BCUT2D eigenvalue weighted by atomic mass is 35.5. The second-order valence-corrected chi connectivity index (χ2v) is 4.86. The fourth-order valence-electron chi connectivity index (χ4n) is 2.11. The molecule has 0 spiro atoms. The molecule has 2 aromatic carbocycles. The summed E-state index contributed by atoms with van der Waals surface area (Å²) in [5.41, 5.74) is 0.531. The molecule has 0 saturated heterocycles. The average Bonchev–Trinajstić information content (AvgIpc) is 2.47. The Labute approximate surface area is 123 Å². The van der Waals surface area contributed by atoms with Crippen LogP contribution in [-0.2, 0) is 0 Å². The zero-order chi connectivity index (χ0) is 15.0. The number of aromatic carboxylic acids is 1. The third kappa shape index (κ3) is 2.39. The number of carbonyl (C=O) groups is 1. The molecule has 0 amide bonds. The molecule has 0 unspecified atom stereocenters. The number of carboxylic acid groups (broad SMARTS) is 1. The lowest BCUT2D eigenvalue weighted by Gasteiger charge is -2.06. The first-order valence-electron chi connectivity index (χ1n) is 6.08. The summed E-state index contributed by atoms with van der Waals surface area (Å²) < 4.78 is 0. The lowest BCUT2D eigenvalue weighted by atomic mass is 10.1. The molecule has 0 atom stereocenters. The molecule has 3 aromatic rings. The molecule has 0 aliphatic rings. The van der Waals surface area contributed by atoms with Gasteiger partial charge in [-0.2, -0.15) is 0 Å². The van der Waals surface area contributed by atoms with E-state index < -0.39 is 5.97 Å². The van der Waals surface area contributed by atoms with Gasteiger partial charge in [-0.3, -0.25) is 4.79 Å². The first-order chi connectivity index (χ1) is 10.1. The van der Waals surface area contributed by atoms with Crippen LogP contribution in [0, 0.1) is 0 Å². The van der Waals surface area contributed by atoms with Crippen molar-refractivity contribution >= 4 is 28.5 Å². The van der Waals surface area contributed by atoms with Crippen molar-refractivity contribution in [3.63, 3.8) is 0 Å². The van der Waals surface area contributed by atoms with Gasteiger partial charge in [0, 0.05) is 10.6 Å². The first-order valence-corrected chi connectivity index (χ1v) is 6.46. The highest BCUT2D eigenvalue weighted by molar-refractivity contribution is 6.31. The lowest BCUT2D eigenvalue weighted by Crippen LogP contribution is -2.11. The molecule has 1 heterocycles. The topological polar surface area (TPSA) is 83.0 Å². The summed E-state index contributed by atoms with van der Waals surface area (Å²) in [6, 6.07) is 11.1. The number of aromatic nitrogens is 2. The number of fused-ring (bicyclic) bond motifs is 1. The van der Waals surface area contributed by atoms with E-state index >= 15 is 0 Å². The standard InChI is InChI=1S/C15H9ClN2O3/c16-8-5-6-12-11(7-8)14(19)18-13(17-12)9-3-1-2-4-10(9)15(20)21/h1-7H,(H,20,21)(H,17,18,19). The molecule has 5 nitrogen and oxygen atoms in total. The van der Waals surface area contributed by atoms with Crippen LogP contribution in [-0.4, -0.2) is 21.0 Å². The summed E-state index contributed by atoms with van der Waals surface area (Å²) in [5, 5.41) is 10.0. The van der Waals surface area contributed by atoms with Crippen molar-refractivity contribution in [2.45, 2.75) is 0 Å². The van der Waals surface area contributed by atoms with Crippen LogP contribution in [0.3, 0.4) is 0 Å². The summed E-state index contributed by atoms with van der Waals surface area (Å²) in [4.78, 5) is 30.3. The molecule has 0 radical (unpaired) electrons. The molecule has 0 bridgehead atoms. The number of nitrogens with zero attached hydrogens (tertiary/aromatic N) is 1. The van der Waals surface area contributed by atoms with Crippen LogP contribution in [0.15, 0.2) is 47.3 Å². The van der Waals surface area contributed by atoms with Gasteiger partial charge in [0.25, 0.3) is 5.56 Å². The van der Waals surface area contributed by atoms with Crippen LogP contribution in [0.25, 0.3) is 22.3 Å². The van der Waals surface area contributed by atoms with Gasteiger partial charge in [0.05, 0.1) is 16.5 Å². The van der Waals surface area contributed by atoms with Gasteiger partial charge in [-0.15, -0.1) is 0 Å². The van der Waals surface area contributed by atoms with E-state index in [1.54, 1.807) is 30.3 Å². The SMILES string of the molecule is O=C(O)c1ccccc1-c1nc2ccc(Cl)cc2c(=O)[nH]1. The van der Waals surface area contributed by atoms with E-state index in [0.29, 0.717) is 21.5 Å². The maximum atomic E-state index is 12.1. The van der Waals surface area contributed by atoms with E-state index in [-0.39, 0.29) is 16.9 Å². The second kappa shape index (κ2) is 5.03. The summed E-state index contributed by atoms with van der Waals surface area (Å²) in [7, 11) is 0. The van der Waals surface area contributed by atoms with Crippen molar-refractivity contribution < 1.29 is 9.90 Å². The Morgan fingerprint density at radius 3 is 2.71 bits per heavy atom. The van der Waals surface area contributed by atoms with Gasteiger partial charge >= 0.3 is 5.97 Å². The highest BCUT2D eigenvalue weighted by Gasteiger charge is 2.14. The number of aromatic amines is 1. The lowest BCUT2D eigenvalue weighted by molar-refractivity contribution is 0.0697. The normalized spacial score (nSPS) is 10.7. The third-order valence-corrected chi connectivity index (χ3v) is 3.32. The van der Waals surface area contributed by atoms with Gasteiger partial charge in [0.15, 0.2) is 0 Å². The number of hydrogen-bond donors (Lipinski definition) is 2. The minimum Gasteiger partial charge on any atom is -0.478 e. The van der Waals surface area contributed by atoms with Crippen molar-refractivity contribution in [1.29, 1.82) is 0 Å². The Morgan fingerprint density at radius 1 is 1.19 bits per heavy atom. The Hall–Kier alpha value is -2.66. The van der Waals surface area contributed by atoms with Crippen LogP contribution in [0.1, 0.15) is 10.4 Å². The van der Waals surface area contributed by atoms with Gasteiger partial charge in [-0.05, 0) is 24.3 Å². The predicted molar refractivity (Wildman–Crippen MR) is 79.8 cm³/mol. The van der Waals surface area contributed by atoms with Crippen LogP contribution in [0.2, 0.25) is 5.02 Å². The van der Waals surface area contributed by atoms with Crippen molar-refractivity contribution in [2.24, 2.45) is 0 Å². The van der Waals surface area contributed by atoms with E-state index in [4.69, 9.17) is 11.6 Å². The van der Waals surface area contributed by atoms with Crippen LogP contribution >= 0.6 is 11.6 Å². The second-order valence-electron chi connectivity index (χ2n) is 4.43. The average molecular weight is 301 g/mol. The molecular weight excluding hydrogens is 292 g/mol. The summed E-state index contributed by atoms with van der Waals surface area (Å²) in [6.45, 7) is 0. The van der Waals surface area contributed by atoms with Gasteiger partial charge in [0.2, 0.25) is 0 Å². The highest BCUT2D eigenvalue weighted by Crippen LogP contribution is 2.22. The van der Waals surface area contributed by atoms with E-state index in [0.717, 1.165) is 0 Å². The largest absolute Gasteiger partial charge is 0.478 e. The Balaban J connectivity index is 2.30. The van der Waals surface area contributed by atoms with E-state index in [9.17, 15) is 14.7 Å². The number of hydrogen-bond acceptors (Lipinski definition) is 3. The molecule has 21 heavy (non-hydrogen) atoms. The first kappa shape index (κ1) is 13.3. The minimum atomic E-state index is -1.08. The van der Waals surface area contributed by atoms with Crippen LogP contribution < -0.4 is 5.56 Å². The Kier molecular flexibility index (Phi) is 3.19. The quantitative estimate of drug-likeness (QED) is 0.762. The van der Waals surface area contributed by atoms with Gasteiger partial charge in [-0.1, -0.05) is 29.8 Å². The Bertz CT molecular complexity index is 918. The number of benzene rings is 2. The smallest absolute Gasteiger partial charge is 0.336 e. The molecule has 1 aromatic heterocycles. The van der Waals surface area contributed by atoms with Crippen molar-refractivity contribution in [1.82, 2.24) is 9.97 Å². The number of nitrogens with one attached hydrogen (secondary N) is 1. The molecule has 0 aliphatic heterocycles. The van der Waals surface area contributed by atoms with Crippen LogP contribution in [0.5, 0.6) is 0 Å². The molecule has 104 valence electrons. The van der Waals surface area contributed by atoms with E-state index in [1.165, 1.54) is 12.1 Å². The minimum absolute atomic E-state index is 0.0777. The fourth-order valence-corrected chi connectivity index (χ4v) is 2.29. The van der Waals surface area contributed by atoms with Gasteiger partial charge in [0.1, 0.15) is 5.82 Å². The predicted octanol–water partition coefficient (Wildman–Crippen LogP) is 2.94. The zero-order valence-corrected chi connectivity index (χ0v) is 11.4. The monoisotopic (exact) mass is 300 g/mol. The van der Waals surface area contributed by atoms with Crippen molar-refractivity contribution in [2.75, 3.05) is 0 Å². The Morgan fingerprint density at radius 2 is 1.95 bits per heavy atom. The molecule has 0 fully saturated rings. The van der Waals surface area contributed by atoms with E-state index in [2.05, 4.69) is 9.97 Å². The summed E-state index contributed by atoms with van der Waals surface area (Å²) in [5.74, 6) is -0.864. The molecule has 3 rings (SSSR count). The molecule has 0 aliphatic carbocycles. The van der Waals surface area contributed by atoms with Gasteiger partial charge in [-0.25, -0.2) is 9.78 Å². The molecule has 2 N–H and O–H groups in total. The zero-order valence-electron chi connectivity index (χ0n) is 10.6. The van der Waals surface area contributed by atoms with Crippen LogP contribution in [0.4, 0.5) is 0 Å². The van der Waals surface area contributed by atoms with E-state index in [1.807, 2.05) is 0 Å². The molecule has 0 saturated carbocycles.